The first-order chi connectivity index (χ1) is 28.5. The molecule has 0 aliphatic carbocycles. The Morgan fingerprint density at radius 2 is 1.00 bits per heavy atom. The van der Waals surface area contributed by atoms with Crippen molar-refractivity contribution in [2.75, 3.05) is 0 Å². The first kappa shape index (κ1) is 19.4. The Labute approximate surface area is 298 Å². The summed E-state index contributed by atoms with van der Waals surface area (Å²) in [5.41, 5.74) is 4.46. The van der Waals surface area contributed by atoms with Crippen molar-refractivity contribution in [2.24, 2.45) is 0 Å². The van der Waals surface area contributed by atoms with E-state index in [1.807, 2.05) is 60.7 Å². The van der Waals surface area contributed by atoms with Gasteiger partial charge in [-0.15, -0.1) is 0 Å². The zero-order valence-corrected chi connectivity index (χ0v) is 26.0. The monoisotopic (exact) mass is 632 g/mol. The van der Waals surface area contributed by atoms with E-state index in [0.29, 0.717) is 5.56 Å². The van der Waals surface area contributed by atoms with E-state index < -0.39 is 36.3 Å². The molecule has 1 aromatic heterocycles. The average Bonchev–Trinajstić information content (AvgIpc) is 3.67. The van der Waals surface area contributed by atoms with Crippen LogP contribution in [0.3, 0.4) is 0 Å². The van der Waals surface area contributed by atoms with Gasteiger partial charge in [0.05, 0.1) is 13.7 Å². The smallest absolute Gasteiger partial charge is 0.136 e. The summed E-state index contributed by atoms with van der Waals surface area (Å²) in [6.45, 7) is 0. The van der Waals surface area contributed by atoms with E-state index >= 15 is 0 Å². The summed E-state index contributed by atoms with van der Waals surface area (Å²) in [7, 11) is 0. The van der Waals surface area contributed by atoms with E-state index in [1.165, 1.54) is 6.07 Å². The summed E-state index contributed by atoms with van der Waals surface area (Å²) in [6.07, 6.45) is 0. The van der Waals surface area contributed by atoms with E-state index in [-0.39, 0.29) is 62.8 Å². The maximum absolute atomic E-state index is 9.56. The van der Waals surface area contributed by atoms with Gasteiger partial charge < -0.3 is 4.42 Å². The van der Waals surface area contributed by atoms with Gasteiger partial charge in [-0.2, -0.15) is 0 Å². The zero-order chi connectivity index (χ0) is 41.0. The summed E-state index contributed by atoms with van der Waals surface area (Å²) >= 11 is 0. The summed E-state index contributed by atoms with van der Waals surface area (Å²) < 4.78 is 94.4. The third-order valence-corrected chi connectivity index (χ3v) is 9.35. The largest absolute Gasteiger partial charge is 0.456 e. The van der Waals surface area contributed by atoms with Gasteiger partial charge in [-0.1, -0.05) is 164 Å². The Morgan fingerprint density at radius 1 is 0.367 bits per heavy atom. The van der Waals surface area contributed by atoms with Crippen molar-refractivity contribution in [3.05, 3.63) is 182 Å². The van der Waals surface area contributed by atoms with Gasteiger partial charge in [0, 0.05) is 10.8 Å². The Kier molecular flexibility index (Phi) is 4.39. The SMILES string of the molecule is [2H]c1c([2H])c([2H])c(-c2cc([2H])c3oc4c([2H])c([2H])c([2H])c(-c5c6ccccc6c(-c6ccc(-c7cccc8ccccc78)cc6)c6ccccc56)c4c3c2[2H])c([2H])c1[2H]. The second kappa shape index (κ2) is 11.1. The minimum absolute atomic E-state index is 0.0487. The summed E-state index contributed by atoms with van der Waals surface area (Å²) in [5, 5.41) is 5.77. The molecule has 0 amide bonds. The summed E-state index contributed by atoms with van der Waals surface area (Å²) in [5.74, 6) is 0. The quantitative estimate of drug-likeness (QED) is 0.176. The van der Waals surface area contributed by atoms with Crippen molar-refractivity contribution in [2.45, 2.75) is 0 Å². The van der Waals surface area contributed by atoms with Crippen LogP contribution in [-0.4, -0.2) is 0 Å². The van der Waals surface area contributed by atoms with Crippen LogP contribution >= 0.6 is 0 Å². The van der Waals surface area contributed by atoms with Crippen molar-refractivity contribution in [1.29, 1.82) is 0 Å². The minimum atomic E-state index is -0.581. The molecule has 0 aliphatic heterocycles. The van der Waals surface area contributed by atoms with Gasteiger partial charge in [0.15, 0.2) is 0 Å². The van der Waals surface area contributed by atoms with Crippen LogP contribution in [0.1, 0.15) is 13.7 Å². The van der Waals surface area contributed by atoms with Crippen molar-refractivity contribution in [3.63, 3.8) is 0 Å². The van der Waals surface area contributed by atoms with Crippen LogP contribution in [0.25, 0.3) is 98.8 Å². The highest BCUT2D eigenvalue weighted by Crippen LogP contribution is 2.47. The van der Waals surface area contributed by atoms with Gasteiger partial charge >= 0.3 is 0 Å². The average molecular weight is 633 g/mol. The lowest BCUT2D eigenvalue weighted by Gasteiger charge is -2.18. The van der Waals surface area contributed by atoms with Gasteiger partial charge in [-0.05, 0) is 95.0 Å². The Morgan fingerprint density at radius 3 is 1.73 bits per heavy atom. The van der Waals surface area contributed by atoms with Crippen molar-refractivity contribution in [3.8, 4) is 44.5 Å². The van der Waals surface area contributed by atoms with Crippen molar-refractivity contribution < 1.29 is 18.1 Å². The van der Waals surface area contributed by atoms with Crippen LogP contribution in [0.2, 0.25) is 0 Å². The van der Waals surface area contributed by atoms with Gasteiger partial charge in [0.25, 0.3) is 0 Å². The van der Waals surface area contributed by atoms with Crippen LogP contribution in [-0.2, 0) is 0 Å². The molecule has 228 valence electrons. The van der Waals surface area contributed by atoms with E-state index in [9.17, 15) is 2.74 Å². The van der Waals surface area contributed by atoms with Crippen molar-refractivity contribution in [1.82, 2.24) is 0 Å². The third-order valence-electron chi connectivity index (χ3n) is 9.35. The molecule has 0 fully saturated rings. The molecule has 0 N–H and O–H groups in total. The Balaban J connectivity index is 1.29. The molecule has 1 heteroatoms. The van der Waals surface area contributed by atoms with E-state index in [1.54, 1.807) is 0 Å². The molecular formula is C48H30O. The predicted molar refractivity (Wildman–Crippen MR) is 208 cm³/mol. The molecule has 0 radical (unpaired) electrons. The topological polar surface area (TPSA) is 13.1 Å². The number of rotatable bonds is 4. The van der Waals surface area contributed by atoms with E-state index in [4.69, 9.17) is 15.4 Å². The highest BCUT2D eigenvalue weighted by molar-refractivity contribution is 6.25. The normalized spacial score (nSPS) is 14.5. The zero-order valence-electron chi connectivity index (χ0n) is 36.0. The number of hydrogen-bond donors (Lipinski definition) is 0. The lowest BCUT2D eigenvalue weighted by Crippen LogP contribution is -1.91. The van der Waals surface area contributed by atoms with Gasteiger partial charge in [0.2, 0.25) is 0 Å². The van der Waals surface area contributed by atoms with Crippen LogP contribution < -0.4 is 0 Å². The predicted octanol–water partition coefficient (Wildman–Crippen LogP) is 13.7. The molecule has 0 saturated heterocycles. The number of furan rings is 1. The molecule has 0 atom stereocenters. The molecule has 10 aromatic rings. The fourth-order valence-electron chi connectivity index (χ4n) is 7.21. The molecule has 0 aliphatic rings. The summed E-state index contributed by atoms with van der Waals surface area (Å²) in [4.78, 5) is 0. The lowest BCUT2D eigenvalue weighted by atomic mass is 9.84. The van der Waals surface area contributed by atoms with Gasteiger partial charge in [-0.25, -0.2) is 0 Å². The second-order valence-electron chi connectivity index (χ2n) is 12.0. The van der Waals surface area contributed by atoms with Gasteiger partial charge in [-0.3, -0.25) is 0 Å². The number of hydrogen-bond acceptors (Lipinski definition) is 1. The lowest BCUT2D eigenvalue weighted by molar-refractivity contribution is 0.669. The molecule has 10 rings (SSSR count). The van der Waals surface area contributed by atoms with E-state index in [2.05, 4.69) is 54.6 Å². The molecule has 0 saturated carbocycles. The van der Waals surface area contributed by atoms with Crippen molar-refractivity contribution >= 4 is 54.3 Å². The molecule has 0 unspecified atom stereocenters. The number of benzene rings is 9. The Bertz CT molecular complexity index is 3350. The first-order valence-corrected chi connectivity index (χ1v) is 16.0. The maximum Gasteiger partial charge on any atom is 0.136 e. The molecule has 1 heterocycles. The third kappa shape index (κ3) is 4.40. The fraction of sp³-hybridized carbons (Fsp3) is 0. The molecular weight excluding hydrogens is 593 g/mol. The van der Waals surface area contributed by atoms with E-state index in [0.717, 1.165) is 54.6 Å². The minimum Gasteiger partial charge on any atom is -0.456 e. The van der Waals surface area contributed by atoms with Crippen LogP contribution in [0.15, 0.2) is 186 Å². The first-order valence-electron chi connectivity index (χ1n) is 21.0. The number of fused-ring (bicyclic) bond motifs is 6. The molecule has 1 nitrogen and oxygen atoms in total. The molecule has 0 bridgehead atoms. The standard InChI is InChI=1S/C48H30O/c1-2-12-31(13-3-1)35-28-29-44-43(30-35)48-42(22-11-23-45(48)49-44)47-40-19-8-6-17-38(40)46(39-18-7-9-20-41(39)47)34-26-24-33(25-27-34)37-21-10-15-32-14-4-5-16-36(32)37/h1-30H/i1D,2D,3D,11D,12D,13D,22D,23D,29D,30D. The second-order valence-corrected chi connectivity index (χ2v) is 12.0. The molecule has 9 aromatic carbocycles. The highest BCUT2D eigenvalue weighted by Gasteiger charge is 2.20. The maximum atomic E-state index is 9.56. The highest BCUT2D eigenvalue weighted by atomic mass is 16.3. The van der Waals surface area contributed by atoms with Gasteiger partial charge in [0.1, 0.15) is 11.2 Å². The Hall–Kier alpha value is -6.44. The summed E-state index contributed by atoms with van der Waals surface area (Å²) in [6, 6.07) is 35.6. The van der Waals surface area contributed by atoms with Crippen LogP contribution in [0, 0.1) is 0 Å². The molecule has 0 spiro atoms. The van der Waals surface area contributed by atoms with Crippen LogP contribution in [0.5, 0.6) is 0 Å². The fourth-order valence-corrected chi connectivity index (χ4v) is 7.21. The molecule has 49 heavy (non-hydrogen) atoms. The van der Waals surface area contributed by atoms with Crippen LogP contribution in [0.4, 0.5) is 0 Å².